The van der Waals surface area contributed by atoms with Gasteiger partial charge in [-0.15, -0.1) is 0 Å². The van der Waals surface area contributed by atoms with Crippen LogP contribution >= 0.6 is 0 Å². The van der Waals surface area contributed by atoms with Gasteiger partial charge in [-0.3, -0.25) is 4.79 Å². The van der Waals surface area contributed by atoms with Crippen LogP contribution in [-0.4, -0.2) is 5.78 Å². The van der Waals surface area contributed by atoms with E-state index in [-0.39, 0.29) is 5.56 Å². The van der Waals surface area contributed by atoms with E-state index in [9.17, 15) is 13.6 Å². The molecular formula is C7H6F2O2. The van der Waals surface area contributed by atoms with Crippen LogP contribution in [0.15, 0.2) is 16.7 Å². The third-order valence-electron chi connectivity index (χ3n) is 1.27. The lowest BCUT2D eigenvalue weighted by Gasteiger charge is -1.94. The number of Topliss-reactive ketones (excluding diaryl/α,β-unsaturated/α-hetero) is 1. The van der Waals surface area contributed by atoms with Crippen LogP contribution in [-0.2, 0) is 0 Å². The normalized spacial score (nSPS) is 10.5. The van der Waals surface area contributed by atoms with Crippen LogP contribution in [0.4, 0.5) is 8.78 Å². The Bertz CT molecular complexity index is 265. The first-order valence-corrected chi connectivity index (χ1v) is 2.99. The molecule has 0 aromatic carbocycles. The number of carbonyl (C=O) groups excluding carboxylic acids is 1. The molecule has 0 aliphatic heterocycles. The Morgan fingerprint density at radius 2 is 2.27 bits per heavy atom. The van der Waals surface area contributed by atoms with Crippen molar-refractivity contribution in [2.75, 3.05) is 0 Å². The number of hydrogen-bond acceptors (Lipinski definition) is 2. The zero-order valence-electron chi connectivity index (χ0n) is 5.80. The van der Waals surface area contributed by atoms with Crippen LogP contribution < -0.4 is 0 Å². The van der Waals surface area contributed by atoms with Crippen molar-refractivity contribution in [1.82, 2.24) is 0 Å². The summed E-state index contributed by atoms with van der Waals surface area (Å²) >= 11 is 0. The van der Waals surface area contributed by atoms with E-state index in [0.29, 0.717) is 0 Å². The molecule has 4 heteroatoms. The highest BCUT2D eigenvalue weighted by molar-refractivity contribution is 5.95. The molecule has 0 aliphatic rings. The molecule has 0 aliphatic carbocycles. The predicted octanol–water partition coefficient (Wildman–Crippen LogP) is 2.42. The van der Waals surface area contributed by atoms with Crippen molar-refractivity contribution in [3.05, 3.63) is 23.7 Å². The molecule has 0 atom stereocenters. The molecule has 0 saturated carbocycles. The monoisotopic (exact) mass is 160 g/mol. The SMILES string of the molecule is CC(=O)c1ccoc1C(F)F. The molecule has 0 unspecified atom stereocenters. The lowest BCUT2D eigenvalue weighted by molar-refractivity contribution is 0.0975. The predicted molar refractivity (Wildman–Crippen MR) is 33.7 cm³/mol. The van der Waals surface area contributed by atoms with Crippen molar-refractivity contribution < 1.29 is 18.0 Å². The second-order valence-corrected chi connectivity index (χ2v) is 2.06. The van der Waals surface area contributed by atoms with Gasteiger partial charge in [0, 0.05) is 0 Å². The second kappa shape index (κ2) is 2.82. The van der Waals surface area contributed by atoms with Gasteiger partial charge in [-0.2, -0.15) is 0 Å². The quantitative estimate of drug-likeness (QED) is 0.622. The Kier molecular flexibility index (Phi) is 2.03. The van der Waals surface area contributed by atoms with E-state index in [2.05, 4.69) is 4.42 Å². The van der Waals surface area contributed by atoms with Crippen LogP contribution in [0.2, 0.25) is 0 Å². The first-order chi connectivity index (χ1) is 5.13. The zero-order chi connectivity index (χ0) is 8.43. The Balaban J connectivity index is 3.06. The van der Waals surface area contributed by atoms with Gasteiger partial charge in [0.05, 0.1) is 11.8 Å². The minimum absolute atomic E-state index is 0.0417. The van der Waals surface area contributed by atoms with E-state index in [1.165, 1.54) is 13.0 Å². The largest absolute Gasteiger partial charge is 0.462 e. The van der Waals surface area contributed by atoms with E-state index < -0.39 is 18.0 Å². The lowest BCUT2D eigenvalue weighted by Crippen LogP contribution is -1.94. The molecule has 1 aromatic heterocycles. The van der Waals surface area contributed by atoms with E-state index >= 15 is 0 Å². The molecular weight excluding hydrogens is 154 g/mol. The fourth-order valence-corrected chi connectivity index (χ4v) is 0.781. The number of carbonyl (C=O) groups is 1. The average molecular weight is 160 g/mol. The van der Waals surface area contributed by atoms with Gasteiger partial charge in [0.1, 0.15) is 0 Å². The molecule has 1 rings (SSSR count). The van der Waals surface area contributed by atoms with Gasteiger partial charge in [-0.1, -0.05) is 0 Å². The van der Waals surface area contributed by atoms with Crippen LogP contribution in [0.25, 0.3) is 0 Å². The highest BCUT2D eigenvalue weighted by Gasteiger charge is 2.18. The fraction of sp³-hybridized carbons (Fsp3) is 0.286. The van der Waals surface area contributed by atoms with Gasteiger partial charge in [0.15, 0.2) is 11.5 Å². The molecule has 11 heavy (non-hydrogen) atoms. The van der Waals surface area contributed by atoms with Crippen LogP contribution in [0.3, 0.4) is 0 Å². The van der Waals surface area contributed by atoms with Gasteiger partial charge in [-0.25, -0.2) is 8.78 Å². The molecule has 0 N–H and O–H groups in total. The minimum atomic E-state index is -2.72. The summed E-state index contributed by atoms with van der Waals surface area (Å²) in [5.41, 5.74) is -0.0417. The maximum absolute atomic E-state index is 12.0. The van der Waals surface area contributed by atoms with Crippen LogP contribution in [0.5, 0.6) is 0 Å². The molecule has 2 nitrogen and oxygen atoms in total. The minimum Gasteiger partial charge on any atom is -0.462 e. The van der Waals surface area contributed by atoms with Gasteiger partial charge in [0.2, 0.25) is 0 Å². The van der Waals surface area contributed by atoms with Gasteiger partial charge < -0.3 is 4.42 Å². The Hall–Kier alpha value is -1.19. The topological polar surface area (TPSA) is 30.2 Å². The average Bonchev–Trinajstić information content (AvgIpc) is 2.32. The molecule has 0 fully saturated rings. The van der Waals surface area contributed by atoms with E-state index in [0.717, 1.165) is 6.26 Å². The molecule has 0 amide bonds. The molecule has 0 radical (unpaired) electrons. The van der Waals surface area contributed by atoms with E-state index in [4.69, 9.17) is 0 Å². The fourth-order valence-electron chi connectivity index (χ4n) is 0.781. The van der Waals surface area contributed by atoms with Gasteiger partial charge >= 0.3 is 0 Å². The number of rotatable bonds is 2. The summed E-state index contributed by atoms with van der Waals surface area (Å²) in [6.45, 7) is 1.22. The zero-order valence-corrected chi connectivity index (χ0v) is 5.80. The number of halogens is 2. The summed E-state index contributed by atoms with van der Waals surface area (Å²) in [4.78, 5) is 10.6. The molecule has 1 aromatic rings. The highest BCUT2D eigenvalue weighted by Crippen LogP contribution is 2.23. The van der Waals surface area contributed by atoms with Gasteiger partial charge in [0.25, 0.3) is 6.43 Å². The second-order valence-electron chi connectivity index (χ2n) is 2.06. The third-order valence-corrected chi connectivity index (χ3v) is 1.27. The first kappa shape index (κ1) is 7.91. The van der Waals surface area contributed by atoms with E-state index in [1.807, 2.05) is 0 Å². The van der Waals surface area contributed by atoms with Crippen molar-refractivity contribution in [2.24, 2.45) is 0 Å². The van der Waals surface area contributed by atoms with Gasteiger partial charge in [-0.05, 0) is 13.0 Å². The smallest absolute Gasteiger partial charge is 0.296 e. The summed E-state index contributed by atoms with van der Waals surface area (Å²) in [5.74, 6) is -0.952. The number of ketones is 1. The molecule has 0 saturated heterocycles. The number of hydrogen-bond donors (Lipinski definition) is 0. The molecule has 0 bridgehead atoms. The van der Waals surface area contributed by atoms with Crippen molar-refractivity contribution in [3.8, 4) is 0 Å². The maximum atomic E-state index is 12.0. The Morgan fingerprint density at radius 1 is 1.64 bits per heavy atom. The lowest BCUT2D eigenvalue weighted by atomic mass is 10.2. The standard InChI is InChI=1S/C7H6F2O2/c1-4(10)5-2-3-11-6(5)7(8)9/h2-3,7H,1H3. The summed E-state index contributed by atoms with van der Waals surface area (Å²) in [5, 5.41) is 0. The van der Waals surface area contributed by atoms with Crippen LogP contribution in [0, 0.1) is 0 Å². The summed E-state index contributed by atoms with van der Waals surface area (Å²) in [6, 6.07) is 1.24. The highest BCUT2D eigenvalue weighted by atomic mass is 19.3. The van der Waals surface area contributed by atoms with Crippen molar-refractivity contribution in [1.29, 1.82) is 0 Å². The maximum Gasteiger partial charge on any atom is 0.296 e. The Labute approximate surface area is 61.8 Å². The van der Waals surface area contributed by atoms with E-state index in [1.54, 1.807) is 0 Å². The summed E-state index contributed by atoms with van der Waals surface area (Å²) in [7, 11) is 0. The summed E-state index contributed by atoms with van der Waals surface area (Å²) in [6.07, 6.45) is -1.64. The van der Waals surface area contributed by atoms with Crippen molar-refractivity contribution >= 4 is 5.78 Å². The molecule has 60 valence electrons. The van der Waals surface area contributed by atoms with Crippen LogP contribution in [0.1, 0.15) is 29.5 Å². The third kappa shape index (κ3) is 1.45. The number of alkyl halides is 2. The molecule has 0 spiro atoms. The number of furan rings is 1. The van der Waals surface area contributed by atoms with Crippen molar-refractivity contribution in [2.45, 2.75) is 13.3 Å². The summed E-state index contributed by atoms with van der Waals surface area (Å²) < 4.78 is 28.4. The Morgan fingerprint density at radius 3 is 2.64 bits per heavy atom. The van der Waals surface area contributed by atoms with Crippen molar-refractivity contribution in [3.63, 3.8) is 0 Å². The first-order valence-electron chi connectivity index (χ1n) is 2.99. The molecule has 1 heterocycles.